The second kappa shape index (κ2) is 6.34. The molecule has 2 N–H and O–H groups in total. The summed E-state index contributed by atoms with van der Waals surface area (Å²) in [6.07, 6.45) is 3.69. The van der Waals surface area contributed by atoms with E-state index in [-0.39, 0.29) is 35.3 Å². The average molecular weight is 297 g/mol. The Morgan fingerprint density at radius 2 is 1.76 bits per heavy atom. The number of ether oxygens (including phenoxy) is 1. The van der Waals surface area contributed by atoms with Crippen molar-refractivity contribution in [1.29, 1.82) is 0 Å². The zero-order chi connectivity index (χ0) is 15.6. The standard InChI is InChI=1S/C16H27NO4/c1-4-21-13-9-12(16(13,2)3)17-14(18)10-5-7-11(8-6-10)15(19)20/h10-13H,4-9H2,1-3H3,(H,17,18)(H,19,20). The normalized spacial score (nSPS) is 34.8. The van der Waals surface area contributed by atoms with E-state index in [2.05, 4.69) is 19.2 Å². The lowest BCUT2D eigenvalue weighted by atomic mass is 9.64. The van der Waals surface area contributed by atoms with E-state index in [4.69, 9.17) is 9.84 Å². The minimum absolute atomic E-state index is 0.0239. The summed E-state index contributed by atoms with van der Waals surface area (Å²) in [5.74, 6) is -0.931. The molecule has 0 aromatic heterocycles. The smallest absolute Gasteiger partial charge is 0.306 e. The molecule has 2 fully saturated rings. The highest BCUT2D eigenvalue weighted by atomic mass is 16.5. The molecule has 2 saturated carbocycles. The first-order valence-electron chi connectivity index (χ1n) is 8.01. The summed E-state index contributed by atoms with van der Waals surface area (Å²) < 4.78 is 5.67. The van der Waals surface area contributed by atoms with Crippen LogP contribution in [-0.4, -0.2) is 35.7 Å². The van der Waals surface area contributed by atoms with E-state index in [1.165, 1.54) is 0 Å². The molecule has 5 nitrogen and oxygen atoms in total. The fourth-order valence-corrected chi connectivity index (χ4v) is 3.51. The van der Waals surface area contributed by atoms with Crippen molar-refractivity contribution >= 4 is 11.9 Å². The number of carbonyl (C=O) groups is 2. The summed E-state index contributed by atoms with van der Waals surface area (Å²) in [4.78, 5) is 23.3. The number of hydrogen-bond donors (Lipinski definition) is 2. The minimum atomic E-state index is -0.728. The molecule has 2 rings (SSSR count). The van der Waals surface area contributed by atoms with Crippen LogP contribution in [-0.2, 0) is 14.3 Å². The number of amides is 1. The monoisotopic (exact) mass is 297 g/mol. The van der Waals surface area contributed by atoms with Crippen LogP contribution in [0.1, 0.15) is 52.9 Å². The quantitative estimate of drug-likeness (QED) is 0.815. The van der Waals surface area contributed by atoms with Gasteiger partial charge in [0, 0.05) is 24.0 Å². The first-order chi connectivity index (χ1) is 9.86. The zero-order valence-corrected chi connectivity index (χ0v) is 13.2. The molecule has 0 bridgehead atoms. The molecule has 0 aliphatic heterocycles. The molecule has 2 aliphatic carbocycles. The molecule has 0 saturated heterocycles. The summed E-state index contributed by atoms with van der Waals surface area (Å²) in [7, 11) is 0. The minimum Gasteiger partial charge on any atom is -0.481 e. The number of rotatable bonds is 5. The van der Waals surface area contributed by atoms with E-state index in [1.54, 1.807) is 0 Å². The predicted octanol–water partition coefficient (Wildman–Crippen LogP) is 2.20. The van der Waals surface area contributed by atoms with Crippen LogP contribution in [0.5, 0.6) is 0 Å². The summed E-state index contributed by atoms with van der Waals surface area (Å²) >= 11 is 0. The first kappa shape index (κ1) is 16.3. The number of nitrogens with one attached hydrogen (secondary N) is 1. The molecule has 0 radical (unpaired) electrons. The van der Waals surface area contributed by atoms with Gasteiger partial charge >= 0.3 is 5.97 Å². The zero-order valence-electron chi connectivity index (χ0n) is 13.2. The van der Waals surface area contributed by atoms with Crippen LogP contribution in [0.25, 0.3) is 0 Å². The van der Waals surface area contributed by atoms with Gasteiger partial charge in [-0.3, -0.25) is 9.59 Å². The maximum absolute atomic E-state index is 12.3. The Labute approximate surface area is 126 Å². The Bertz CT molecular complexity index is 399. The molecular weight excluding hydrogens is 270 g/mol. The van der Waals surface area contributed by atoms with Crippen molar-refractivity contribution in [2.75, 3.05) is 6.61 Å². The third kappa shape index (κ3) is 3.39. The van der Waals surface area contributed by atoms with Crippen LogP contribution >= 0.6 is 0 Å². The molecule has 0 heterocycles. The van der Waals surface area contributed by atoms with Crippen molar-refractivity contribution in [3.8, 4) is 0 Å². The third-order valence-electron chi connectivity index (χ3n) is 5.31. The lowest BCUT2D eigenvalue weighted by molar-refractivity contribution is -0.146. The van der Waals surface area contributed by atoms with Gasteiger partial charge in [-0.1, -0.05) is 13.8 Å². The highest BCUT2D eigenvalue weighted by Gasteiger charge is 2.50. The second-order valence-electron chi connectivity index (χ2n) is 6.95. The Morgan fingerprint density at radius 1 is 1.19 bits per heavy atom. The fraction of sp³-hybridized carbons (Fsp3) is 0.875. The fourth-order valence-electron chi connectivity index (χ4n) is 3.51. The van der Waals surface area contributed by atoms with Crippen molar-refractivity contribution in [3.63, 3.8) is 0 Å². The molecule has 0 aromatic rings. The highest BCUT2D eigenvalue weighted by Crippen LogP contribution is 2.43. The number of hydrogen-bond acceptors (Lipinski definition) is 3. The number of carboxylic acids is 1. The van der Waals surface area contributed by atoms with Crippen LogP contribution in [0.2, 0.25) is 0 Å². The first-order valence-corrected chi connectivity index (χ1v) is 8.01. The Hall–Kier alpha value is -1.10. The average Bonchev–Trinajstić information content (AvgIpc) is 2.46. The van der Waals surface area contributed by atoms with Crippen molar-refractivity contribution in [2.45, 2.75) is 65.0 Å². The molecule has 2 aliphatic rings. The Morgan fingerprint density at radius 3 is 2.24 bits per heavy atom. The predicted molar refractivity (Wildman–Crippen MR) is 78.8 cm³/mol. The van der Waals surface area contributed by atoms with Gasteiger partial charge in [0.15, 0.2) is 0 Å². The van der Waals surface area contributed by atoms with E-state index in [0.717, 1.165) is 6.42 Å². The van der Waals surface area contributed by atoms with Gasteiger partial charge in [0.25, 0.3) is 0 Å². The SMILES string of the molecule is CCOC1CC(NC(=O)C2CCC(C(=O)O)CC2)C1(C)C. The molecule has 0 spiro atoms. The van der Waals surface area contributed by atoms with E-state index in [9.17, 15) is 9.59 Å². The molecule has 21 heavy (non-hydrogen) atoms. The Kier molecular flexibility index (Phi) is 4.91. The van der Waals surface area contributed by atoms with E-state index in [0.29, 0.717) is 32.3 Å². The maximum atomic E-state index is 12.3. The number of carboxylic acid groups (broad SMARTS) is 1. The summed E-state index contributed by atoms with van der Waals surface area (Å²) in [5, 5.41) is 12.1. The maximum Gasteiger partial charge on any atom is 0.306 e. The second-order valence-corrected chi connectivity index (χ2v) is 6.95. The molecule has 0 aromatic carbocycles. The van der Waals surface area contributed by atoms with Crippen molar-refractivity contribution in [3.05, 3.63) is 0 Å². The lowest BCUT2D eigenvalue weighted by Crippen LogP contribution is -2.62. The van der Waals surface area contributed by atoms with Crippen molar-refractivity contribution in [2.24, 2.45) is 17.3 Å². The van der Waals surface area contributed by atoms with Gasteiger partial charge in [-0.2, -0.15) is 0 Å². The molecule has 1 amide bonds. The van der Waals surface area contributed by atoms with Gasteiger partial charge in [-0.25, -0.2) is 0 Å². The van der Waals surface area contributed by atoms with Crippen molar-refractivity contribution < 1.29 is 19.4 Å². The Balaban J connectivity index is 1.80. The molecule has 2 unspecified atom stereocenters. The molecule has 2 atom stereocenters. The molecule has 120 valence electrons. The number of carbonyl (C=O) groups excluding carboxylic acids is 1. The van der Waals surface area contributed by atoms with Crippen LogP contribution < -0.4 is 5.32 Å². The lowest BCUT2D eigenvalue weighted by Gasteiger charge is -2.52. The molecule has 5 heteroatoms. The third-order valence-corrected chi connectivity index (χ3v) is 5.31. The van der Waals surface area contributed by atoms with Gasteiger partial charge in [0.1, 0.15) is 0 Å². The van der Waals surface area contributed by atoms with Gasteiger partial charge in [-0.05, 0) is 39.0 Å². The summed E-state index contributed by atoms with van der Waals surface area (Å²) in [6, 6.07) is 0.166. The van der Waals surface area contributed by atoms with Crippen LogP contribution in [0.4, 0.5) is 0 Å². The van der Waals surface area contributed by atoms with Crippen molar-refractivity contribution in [1.82, 2.24) is 5.32 Å². The topological polar surface area (TPSA) is 75.6 Å². The van der Waals surface area contributed by atoms with Gasteiger partial charge in [-0.15, -0.1) is 0 Å². The highest BCUT2D eigenvalue weighted by molar-refractivity contribution is 5.79. The van der Waals surface area contributed by atoms with Crippen LogP contribution in [0.15, 0.2) is 0 Å². The summed E-state index contributed by atoms with van der Waals surface area (Å²) in [6.45, 7) is 6.95. The largest absolute Gasteiger partial charge is 0.481 e. The van der Waals surface area contributed by atoms with E-state index in [1.807, 2.05) is 6.92 Å². The van der Waals surface area contributed by atoms with Gasteiger partial charge in [0.05, 0.1) is 12.0 Å². The van der Waals surface area contributed by atoms with Crippen LogP contribution in [0.3, 0.4) is 0 Å². The van der Waals surface area contributed by atoms with Gasteiger partial charge in [0.2, 0.25) is 5.91 Å². The molecular formula is C16H27NO4. The van der Waals surface area contributed by atoms with E-state index >= 15 is 0 Å². The van der Waals surface area contributed by atoms with Crippen LogP contribution in [0, 0.1) is 17.3 Å². The van der Waals surface area contributed by atoms with E-state index < -0.39 is 5.97 Å². The van der Waals surface area contributed by atoms with Gasteiger partial charge < -0.3 is 15.2 Å². The number of aliphatic carboxylic acids is 1. The summed E-state index contributed by atoms with van der Waals surface area (Å²) in [5.41, 5.74) is -0.0239.